The van der Waals surface area contributed by atoms with Crippen LogP contribution < -0.4 is 15.0 Å². The first-order valence-corrected chi connectivity index (χ1v) is 11.3. The number of benzene rings is 2. The van der Waals surface area contributed by atoms with Gasteiger partial charge in [-0.1, -0.05) is 24.3 Å². The highest BCUT2D eigenvalue weighted by Gasteiger charge is 2.43. The zero-order valence-corrected chi connectivity index (χ0v) is 19.4. The maximum absolute atomic E-state index is 13.4. The molecule has 1 saturated heterocycles. The zero-order valence-electron chi connectivity index (χ0n) is 18.6. The molecule has 0 amide bonds. The number of thiocarbonyl (C=S) groups is 1. The molecule has 178 valence electrons. The Morgan fingerprint density at radius 2 is 1.77 bits per heavy atom. The fourth-order valence-corrected chi connectivity index (χ4v) is 4.78. The highest BCUT2D eigenvalue weighted by Crippen LogP contribution is 2.45. The molecule has 9 heteroatoms. The lowest BCUT2D eigenvalue weighted by Crippen LogP contribution is -2.30. The number of aromatic nitrogens is 2. The van der Waals surface area contributed by atoms with Crippen LogP contribution in [0, 0.1) is 0 Å². The predicted octanol–water partition coefficient (Wildman–Crippen LogP) is 6.08. The topological polar surface area (TPSA) is 42.3 Å². The van der Waals surface area contributed by atoms with Gasteiger partial charge in [0.1, 0.15) is 11.8 Å². The van der Waals surface area contributed by atoms with Crippen molar-refractivity contribution in [3.8, 4) is 11.4 Å². The Balaban J connectivity index is 1.68. The number of rotatable bonds is 5. The van der Waals surface area contributed by atoms with Crippen LogP contribution in [0.1, 0.15) is 29.0 Å². The molecule has 1 N–H and O–H groups in total. The minimum Gasteiger partial charge on any atom is -0.495 e. The van der Waals surface area contributed by atoms with E-state index < -0.39 is 17.8 Å². The number of ether oxygens (including phenoxy) is 1. The summed E-state index contributed by atoms with van der Waals surface area (Å²) < 4.78 is 47.7. The number of anilines is 1. The lowest BCUT2D eigenvalue weighted by molar-refractivity contribution is -0.137. The van der Waals surface area contributed by atoms with Crippen LogP contribution in [-0.2, 0) is 6.18 Å². The molecular formula is C26H21F3N4OS. The van der Waals surface area contributed by atoms with Gasteiger partial charge >= 0.3 is 6.18 Å². The molecule has 2 aromatic carbocycles. The first-order chi connectivity index (χ1) is 16.9. The van der Waals surface area contributed by atoms with E-state index in [0.717, 1.165) is 29.2 Å². The summed E-state index contributed by atoms with van der Waals surface area (Å²) in [7, 11) is 1.59. The largest absolute Gasteiger partial charge is 0.495 e. The van der Waals surface area contributed by atoms with Gasteiger partial charge in [-0.3, -0.25) is 4.98 Å². The summed E-state index contributed by atoms with van der Waals surface area (Å²) in [6.45, 7) is 0. The normalized spacial score (nSPS) is 17.9. The Kier molecular flexibility index (Phi) is 5.94. The molecule has 3 heterocycles. The SMILES string of the molecule is COc1ccccc1N1C(=S)N[C@H](c2ccccn2)[C@@H]1c1cccn1-c1cccc(C(F)(F)F)c1. The smallest absolute Gasteiger partial charge is 0.416 e. The number of hydrogen-bond donors (Lipinski definition) is 1. The highest BCUT2D eigenvalue weighted by atomic mass is 32.1. The van der Waals surface area contributed by atoms with Crippen molar-refractivity contribution in [1.82, 2.24) is 14.9 Å². The maximum Gasteiger partial charge on any atom is 0.416 e. The monoisotopic (exact) mass is 494 g/mol. The summed E-state index contributed by atoms with van der Waals surface area (Å²) in [6, 6.07) is 21.3. The number of halogens is 3. The summed E-state index contributed by atoms with van der Waals surface area (Å²) in [5, 5.41) is 3.83. The Hall–Kier alpha value is -3.85. The van der Waals surface area contributed by atoms with Crippen LogP contribution in [0.5, 0.6) is 5.75 Å². The summed E-state index contributed by atoms with van der Waals surface area (Å²) in [4.78, 5) is 6.47. The van der Waals surface area contributed by atoms with Crippen LogP contribution >= 0.6 is 12.2 Å². The Morgan fingerprint density at radius 1 is 0.971 bits per heavy atom. The molecule has 0 unspecified atom stereocenters. The fourth-order valence-electron chi connectivity index (χ4n) is 4.45. The lowest BCUT2D eigenvalue weighted by atomic mass is 10.0. The van der Waals surface area contributed by atoms with E-state index in [2.05, 4.69) is 10.3 Å². The van der Waals surface area contributed by atoms with Gasteiger partial charge in [-0.2, -0.15) is 13.2 Å². The van der Waals surface area contributed by atoms with Gasteiger partial charge in [-0.05, 0) is 66.8 Å². The van der Waals surface area contributed by atoms with E-state index in [1.165, 1.54) is 6.07 Å². The number of nitrogens with zero attached hydrogens (tertiary/aromatic N) is 3. The molecule has 0 spiro atoms. The van der Waals surface area contributed by atoms with Gasteiger partial charge < -0.3 is 19.5 Å². The molecule has 5 nitrogen and oxygen atoms in total. The van der Waals surface area contributed by atoms with Crippen molar-refractivity contribution in [2.75, 3.05) is 12.0 Å². The first kappa shape index (κ1) is 22.9. The Bertz CT molecular complexity index is 1360. The van der Waals surface area contributed by atoms with Gasteiger partial charge in [-0.15, -0.1) is 0 Å². The predicted molar refractivity (Wildman–Crippen MR) is 132 cm³/mol. The molecule has 2 atom stereocenters. The van der Waals surface area contributed by atoms with Crippen molar-refractivity contribution in [2.45, 2.75) is 18.3 Å². The van der Waals surface area contributed by atoms with Crippen molar-refractivity contribution in [2.24, 2.45) is 0 Å². The number of pyridine rings is 1. The third kappa shape index (κ3) is 4.23. The maximum atomic E-state index is 13.4. The van der Waals surface area contributed by atoms with E-state index in [-0.39, 0.29) is 6.04 Å². The number of hydrogen-bond acceptors (Lipinski definition) is 3. The lowest BCUT2D eigenvalue weighted by Gasteiger charge is -2.30. The van der Waals surface area contributed by atoms with Crippen molar-refractivity contribution in [3.05, 3.63) is 108 Å². The minimum atomic E-state index is -4.44. The molecule has 0 bridgehead atoms. The molecule has 5 rings (SSSR count). The van der Waals surface area contributed by atoms with Crippen molar-refractivity contribution < 1.29 is 17.9 Å². The summed E-state index contributed by atoms with van der Waals surface area (Å²) in [5.74, 6) is 0.625. The van der Waals surface area contributed by atoms with Gasteiger partial charge in [0, 0.05) is 23.8 Å². The number of para-hydroxylation sites is 2. The van der Waals surface area contributed by atoms with Crippen molar-refractivity contribution in [3.63, 3.8) is 0 Å². The highest BCUT2D eigenvalue weighted by molar-refractivity contribution is 7.80. The molecule has 1 aliphatic rings. The minimum absolute atomic E-state index is 0.354. The van der Waals surface area contributed by atoms with Crippen LogP contribution in [-0.4, -0.2) is 21.8 Å². The van der Waals surface area contributed by atoms with E-state index in [9.17, 15) is 13.2 Å². The van der Waals surface area contributed by atoms with Crippen LogP contribution in [0.2, 0.25) is 0 Å². The van der Waals surface area contributed by atoms with Gasteiger partial charge in [-0.25, -0.2) is 0 Å². The molecule has 2 aromatic heterocycles. The molecule has 1 aliphatic heterocycles. The average molecular weight is 495 g/mol. The van der Waals surface area contributed by atoms with Gasteiger partial charge in [0.15, 0.2) is 5.11 Å². The Labute approximate surface area is 205 Å². The van der Waals surface area contributed by atoms with Crippen LogP contribution in [0.15, 0.2) is 91.3 Å². The van der Waals surface area contributed by atoms with E-state index in [1.54, 1.807) is 30.1 Å². The van der Waals surface area contributed by atoms with Crippen LogP contribution in [0.3, 0.4) is 0 Å². The molecule has 4 aromatic rings. The third-order valence-corrected chi connectivity index (χ3v) is 6.29. The standard InChI is InChI=1S/C26H21F3N4OS/c1-34-22-13-3-2-11-20(22)33-24(23(31-25(33)35)19-10-4-5-14-30-19)21-12-7-15-32(21)18-9-6-8-17(16-18)26(27,28)29/h2-16,23-24H,1H3,(H,31,35)/t23-,24+/m1/s1. The van der Waals surface area contributed by atoms with Gasteiger partial charge in [0.05, 0.1) is 30.1 Å². The van der Waals surface area contributed by atoms with Gasteiger partial charge in [0.25, 0.3) is 0 Å². The third-order valence-electron chi connectivity index (χ3n) is 5.98. The number of nitrogens with one attached hydrogen (secondary N) is 1. The molecule has 0 aliphatic carbocycles. The number of methoxy groups -OCH3 is 1. The van der Waals surface area contributed by atoms with Crippen molar-refractivity contribution >= 4 is 23.0 Å². The van der Waals surface area contributed by atoms with Crippen LogP contribution in [0.25, 0.3) is 5.69 Å². The van der Waals surface area contributed by atoms with Crippen LogP contribution in [0.4, 0.5) is 18.9 Å². The average Bonchev–Trinajstić information content (AvgIpc) is 3.48. The summed E-state index contributed by atoms with van der Waals surface area (Å²) >= 11 is 5.76. The van der Waals surface area contributed by atoms with E-state index >= 15 is 0 Å². The molecule has 0 saturated carbocycles. The fraction of sp³-hybridized carbons (Fsp3) is 0.154. The van der Waals surface area contributed by atoms with E-state index in [1.807, 2.05) is 59.5 Å². The zero-order chi connectivity index (χ0) is 24.6. The summed E-state index contributed by atoms with van der Waals surface area (Å²) in [5.41, 5.74) is 1.94. The first-order valence-electron chi connectivity index (χ1n) is 10.9. The van der Waals surface area contributed by atoms with Gasteiger partial charge in [0.2, 0.25) is 0 Å². The molecule has 35 heavy (non-hydrogen) atoms. The second kappa shape index (κ2) is 9.07. The molecule has 0 radical (unpaired) electrons. The molecular weight excluding hydrogens is 473 g/mol. The van der Waals surface area contributed by atoms with Crippen molar-refractivity contribution in [1.29, 1.82) is 0 Å². The second-order valence-electron chi connectivity index (χ2n) is 8.02. The Morgan fingerprint density at radius 3 is 2.51 bits per heavy atom. The number of alkyl halides is 3. The van der Waals surface area contributed by atoms with E-state index in [0.29, 0.717) is 16.5 Å². The summed E-state index contributed by atoms with van der Waals surface area (Å²) in [6.07, 6.45) is -0.990. The van der Waals surface area contributed by atoms with E-state index in [4.69, 9.17) is 17.0 Å². The molecule has 1 fully saturated rings. The second-order valence-corrected chi connectivity index (χ2v) is 8.41. The quantitative estimate of drug-likeness (QED) is 0.341.